The molecule has 2 rings (SSSR count). The van der Waals surface area contributed by atoms with E-state index in [1.807, 2.05) is 0 Å². The zero-order chi connectivity index (χ0) is 14.2. The number of hydrogen-bond donors (Lipinski definition) is 1. The Morgan fingerprint density at radius 3 is 3.05 bits per heavy atom. The number of unbranched alkanes of at least 4 members (excludes halogenated alkanes) is 2. The summed E-state index contributed by atoms with van der Waals surface area (Å²) >= 11 is 0. The average Bonchev–Trinajstić information content (AvgIpc) is 2.66. The molecule has 0 aliphatic carbocycles. The van der Waals surface area contributed by atoms with Crippen molar-refractivity contribution in [2.45, 2.75) is 45.1 Å². The lowest BCUT2D eigenvalue weighted by Crippen LogP contribution is -2.22. The molecule has 1 aromatic rings. The van der Waals surface area contributed by atoms with Gasteiger partial charge in [0.2, 0.25) is 0 Å². The van der Waals surface area contributed by atoms with Gasteiger partial charge >= 0.3 is 0 Å². The van der Waals surface area contributed by atoms with E-state index in [2.05, 4.69) is 30.4 Å². The molecular formula is C17H27NO2. The molecule has 0 radical (unpaired) electrons. The van der Waals surface area contributed by atoms with Crippen LogP contribution in [0.2, 0.25) is 0 Å². The highest BCUT2D eigenvalue weighted by Crippen LogP contribution is 2.33. The Balaban J connectivity index is 1.87. The van der Waals surface area contributed by atoms with Crippen molar-refractivity contribution in [2.75, 3.05) is 26.9 Å². The van der Waals surface area contributed by atoms with Gasteiger partial charge in [0.05, 0.1) is 6.61 Å². The summed E-state index contributed by atoms with van der Waals surface area (Å²) in [6.07, 6.45) is 5.87. The molecular weight excluding hydrogens is 250 g/mol. The van der Waals surface area contributed by atoms with E-state index in [-0.39, 0.29) is 0 Å². The Kier molecular flexibility index (Phi) is 6.34. The first kappa shape index (κ1) is 15.3. The molecule has 0 aromatic heterocycles. The fraction of sp³-hybridized carbons (Fsp3) is 0.647. The SMILES string of the molecule is COCCCCCNC1CCCOc2c(C)cccc21. The van der Waals surface area contributed by atoms with Crippen LogP contribution in [0, 0.1) is 6.92 Å². The number of hydrogen-bond acceptors (Lipinski definition) is 3. The van der Waals surface area contributed by atoms with Gasteiger partial charge in [-0.3, -0.25) is 0 Å². The minimum absolute atomic E-state index is 0.440. The molecule has 1 unspecified atom stereocenters. The Labute approximate surface area is 122 Å². The molecule has 1 atom stereocenters. The zero-order valence-electron chi connectivity index (χ0n) is 12.8. The largest absolute Gasteiger partial charge is 0.493 e. The van der Waals surface area contributed by atoms with Crippen LogP contribution >= 0.6 is 0 Å². The number of methoxy groups -OCH3 is 1. The molecule has 0 bridgehead atoms. The second-order valence-electron chi connectivity index (χ2n) is 5.54. The van der Waals surface area contributed by atoms with Gasteiger partial charge in [0, 0.05) is 25.3 Å². The van der Waals surface area contributed by atoms with Crippen LogP contribution in [0.25, 0.3) is 0 Å². The highest BCUT2D eigenvalue weighted by Gasteiger charge is 2.20. The van der Waals surface area contributed by atoms with E-state index < -0.39 is 0 Å². The first-order chi connectivity index (χ1) is 9.83. The van der Waals surface area contributed by atoms with Gasteiger partial charge in [0.1, 0.15) is 5.75 Å². The molecule has 1 aromatic carbocycles. The summed E-state index contributed by atoms with van der Waals surface area (Å²) in [4.78, 5) is 0. The van der Waals surface area contributed by atoms with Crippen LogP contribution in [0.4, 0.5) is 0 Å². The number of ether oxygens (including phenoxy) is 2. The van der Waals surface area contributed by atoms with Crippen molar-refractivity contribution >= 4 is 0 Å². The second kappa shape index (κ2) is 8.28. The standard InChI is InChI=1S/C17H27NO2/c1-14-8-6-9-15-16(10-7-13-20-17(14)15)18-11-4-3-5-12-19-2/h6,8-9,16,18H,3-5,7,10-13H2,1-2H3. The van der Waals surface area contributed by atoms with Crippen molar-refractivity contribution < 1.29 is 9.47 Å². The van der Waals surface area contributed by atoms with Crippen molar-refractivity contribution in [3.63, 3.8) is 0 Å². The van der Waals surface area contributed by atoms with Gasteiger partial charge in [-0.25, -0.2) is 0 Å². The van der Waals surface area contributed by atoms with Crippen molar-refractivity contribution in [3.05, 3.63) is 29.3 Å². The lowest BCUT2D eigenvalue weighted by atomic mass is 9.99. The van der Waals surface area contributed by atoms with Crippen LogP contribution in [0.3, 0.4) is 0 Å². The molecule has 20 heavy (non-hydrogen) atoms. The maximum atomic E-state index is 5.91. The van der Waals surface area contributed by atoms with Crippen LogP contribution in [-0.4, -0.2) is 26.9 Å². The fourth-order valence-electron chi connectivity index (χ4n) is 2.80. The van der Waals surface area contributed by atoms with Gasteiger partial charge in [0.15, 0.2) is 0 Å². The molecule has 1 aliphatic rings. The van der Waals surface area contributed by atoms with Gasteiger partial charge in [-0.05, 0) is 51.1 Å². The summed E-state index contributed by atoms with van der Waals surface area (Å²) in [7, 11) is 1.77. The van der Waals surface area contributed by atoms with Crippen LogP contribution in [0.1, 0.15) is 49.3 Å². The maximum absolute atomic E-state index is 5.91. The van der Waals surface area contributed by atoms with Crippen LogP contribution in [0.5, 0.6) is 5.75 Å². The number of aryl methyl sites for hydroxylation is 1. The Morgan fingerprint density at radius 2 is 2.20 bits per heavy atom. The number of benzene rings is 1. The Bertz CT molecular complexity index is 406. The van der Waals surface area contributed by atoms with Crippen molar-refractivity contribution in [3.8, 4) is 5.75 Å². The van der Waals surface area contributed by atoms with Crippen molar-refractivity contribution in [1.29, 1.82) is 0 Å². The summed E-state index contributed by atoms with van der Waals surface area (Å²) in [5.41, 5.74) is 2.58. The van der Waals surface area contributed by atoms with E-state index in [1.54, 1.807) is 7.11 Å². The molecule has 0 saturated carbocycles. The van der Waals surface area contributed by atoms with E-state index >= 15 is 0 Å². The third-order valence-electron chi connectivity index (χ3n) is 3.92. The van der Waals surface area contributed by atoms with E-state index in [9.17, 15) is 0 Å². The quantitative estimate of drug-likeness (QED) is 0.772. The van der Waals surface area contributed by atoms with Crippen molar-refractivity contribution in [2.24, 2.45) is 0 Å². The molecule has 1 aliphatic heterocycles. The molecule has 1 N–H and O–H groups in total. The van der Waals surface area contributed by atoms with Gasteiger partial charge in [-0.15, -0.1) is 0 Å². The fourth-order valence-corrected chi connectivity index (χ4v) is 2.80. The van der Waals surface area contributed by atoms with E-state index in [0.717, 1.165) is 44.8 Å². The molecule has 112 valence electrons. The second-order valence-corrected chi connectivity index (χ2v) is 5.54. The zero-order valence-corrected chi connectivity index (χ0v) is 12.8. The summed E-state index contributed by atoms with van der Waals surface area (Å²) in [5.74, 6) is 1.10. The minimum atomic E-state index is 0.440. The van der Waals surface area contributed by atoms with Crippen molar-refractivity contribution in [1.82, 2.24) is 5.32 Å². The molecule has 0 spiro atoms. The van der Waals surface area contributed by atoms with E-state index in [0.29, 0.717) is 6.04 Å². The number of para-hydroxylation sites is 1. The first-order valence-electron chi connectivity index (χ1n) is 7.77. The third kappa shape index (κ3) is 4.22. The lowest BCUT2D eigenvalue weighted by Gasteiger charge is -2.19. The topological polar surface area (TPSA) is 30.5 Å². The molecule has 3 heteroatoms. The summed E-state index contributed by atoms with van der Waals surface area (Å²) < 4.78 is 11.0. The highest BCUT2D eigenvalue weighted by atomic mass is 16.5. The molecule has 1 heterocycles. The monoisotopic (exact) mass is 277 g/mol. The van der Waals surface area contributed by atoms with E-state index in [4.69, 9.17) is 9.47 Å². The normalized spacial score (nSPS) is 18.2. The average molecular weight is 277 g/mol. The van der Waals surface area contributed by atoms with E-state index in [1.165, 1.54) is 24.0 Å². The van der Waals surface area contributed by atoms with Crippen LogP contribution in [0.15, 0.2) is 18.2 Å². The molecule has 0 amide bonds. The lowest BCUT2D eigenvalue weighted by molar-refractivity contribution is 0.192. The number of fused-ring (bicyclic) bond motifs is 1. The highest BCUT2D eigenvalue weighted by molar-refractivity contribution is 5.43. The van der Waals surface area contributed by atoms with Gasteiger partial charge in [0.25, 0.3) is 0 Å². The summed E-state index contributed by atoms with van der Waals surface area (Å²) in [5, 5.41) is 3.70. The number of rotatable bonds is 7. The third-order valence-corrected chi connectivity index (χ3v) is 3.92. The Hall–Kier alpha value is -1.06. The Morgan fingerprint density at radius 1 is 1.30 bits per heavy atom. The smallest absolute Gasteiger partial charge is 0.126 e. The molecule has 0 saturated heterocycles. The van der Waals surface area contributed by atoms with Crippen LogP contribution < -0.4 is 10.1 Å². The van der Waals surface area contributed by atoms with Crippen LogP contribution in [-0.2, 0) is 4.74 Å². The number of nitrogens with one attached hydrogen (secondary N) is 1. The van der Waals surface area contributed by atoms with Gasteiger partial charge in [-0.2, -0.15) is 0 Å². The van der Waals surface area contributed by atoms with Gasteiger partial charge in [-0.1, -0.05) is 18.2 Å². The molecule has 3 nitrogen and oxygen atoms in total. The summed E-state index contributed by atoms with van der Waals surface area (Å²) in [6, 6.07) is 6.91. The molecule has 0 fully saturated rings. The predicted octanol–water partition coefficient (Wildman–Crippen LogP) is 3.62. The minimum Gasteiger partial charge on any atom is -0.493 e. The van der Waals surface area contributed by atoms with Gasteiger partial charge < -0.3 is 14.8 Å². The maximum Gasteiger partial charge on any atom is 0.126 e. The predicted molar refractivity (Wildman–Crippen MR) is 82.4 cm³/mol. The first-order valence-corrected chi connectivity index (χ1v) is 7.77. The summed E-state index contributed by atoms with van der Waals surface area (Å²) in [6.45, 7) is 4.91.